The van der Waals surface area contributed by atoms with E-state index in [-0.39, 0.29) is 23.2 Å². The van der Waals surface area contributed by atoms with Gasteiger partial charge in [-0.3, -0.25) is 4.79 Å². The Morgan fingerprint density at radius 3 is 2.94 bits per heavy atom. The third-order valence-corrected chi connectivity index (χ3v) is 1.98. The van der Waals surface area contributed by atoms with Crippen LogP contribution in [0.25, 0.3) is 0 Å². The van der Waals surface area contributed by atoms with Crippen LogP contribution in [0.5, 0.6) is 5.75 Å². The van der Waals surface area contributed by atoms with E-state index in [2.05, 4.69) is 11.9 Å². The Morgan fingerprint density at radius 2 is 2.38 bits per heavy atom. The Labute approximate surface area is 97.9 Å². The molecule has 16 heavy (non-hydrogen) atoms. The minimum absolute atomic E-state index is 0.0379. The zero-order valence-electron chi connectivity index (χ0n) is 8.72. The molecule has 0 aliphatic heterocycles. The number of amides is 1. The lowest BCUT2D eigenvalue weighted by Crippen LogP contribution is -2.08. The van der Waals surface area contributed by atoms with Gasteiger partial charge in [-0.2, -0.15) is 0 Å². The van der Waals surface area contributed by atoms with Crippen molar-refractivity contribution in [2.24, 2.45) is 0 Å². The number of carbonyl (C=O) groups excluding carboxylic acids is 1. The van der Waals surface area contributed by atoms with Crippen LogP contribution in [0.3, 0.4) is 0 Å². The molecule has 3 nitrogen and oxygen atoms in total. The highest BCUT2D eigenvalue weighted by atomic mass is 35.5. The first-order valence-electron chi connectivity index (χ1n) is 4.55. The molecule has 0 aromatic heterocycles. The maximum absolute atomic E-state index is 13.3. The standard InChI is InChI=1S/C11H11ClFNO2/c1-3-4-16-11-6-10(14-7(2)15)9(13)5-8(11)12/h3,5-6H,1,4H2,2H3,(H,14,15). The van der Waals surface area contributed by atoms with E-state index in [9.17, 15) is 9.18 Å². The monoisotopic (exact) mass is 243 g/mol. The summed E-state index contributed by atoms with van der Waals surface area (Å²) in [6, 6.07) is 2.42. The van der Waals surface area contributed by atoms with Crippen LogP contribution in [0.15, 0.2) is 24.8 Å². The Balaban J connectivity index is 3.00. The minimum atomic E-state index is -0.605. The number of nitrogens with one attached hydrogen (secondary N) is 1. The molecule has 0 radical (unpaired) electrons. The normalized spacial score (nSPS) is 9.69. The number of carbonyl (C=O) groups is 1. The predicted molar refractivity (Wildman–Crippen MR) is 61.4 cm³/mol. The molecule has 1 amide bonds. The van der Waals surface area contributed by atoms with Crippen molar-refractivity contribution < 1.29 is 13.9 Å². The summed E-state index contributed by atoms with van der Waals surface area (Å²) in [5.41, 5.74) is 0.0379. The van der Waals surface area contributed by atoms with Crippen LogP contribution in [-0.4, -0.2) is 12.5 Å². The van der Waals surface area contributed by atoms with Crippen molar-refractivity contribution in [1.29, 1.82) is 0 Å². The third kappa shape index (κ3) is 3.24. The second-order valence-corrected chi connectivity index (χ2v) is 3.45. The first-order chi connectivity index (χ1) is 7.54. The molecule has 0 saturated carbocycles. The van der Waals surface area contributed by atoms with Gasteiger partial charge in [0.2, 0.25) is 5.91 Å². The average Bonchev–Trinajstić information content (AvgIpc) is 2.20. The predicted octanol–water partition coefficient (Wildman–Crippen LogP) is 3.00. The van der Waals surface area contributed by atoms with Gasteiger partial charge in [0, 0.05) is 13.0 Å². The summed E-state index contributed by atoms with van der Waals surface area (Å²) in [6.45, 7) is 5.03. The van der Waals surface area contributed by atoms with E-state index in [0.717, 1.165) is 6.07 Å². The molecule has 1 N–H and O–H groups in total. The fourth-order valence-electron chi connectivity index (χ4n) is 1.07. The molecule has 0 saturated heterocycles. The molecule has 0 heterocycles. The fourth-order valence-corrected chi connectivity index (χ4v) is 1.28. The van der Waals surface area contributed by atoms with Gasteiger partial charge in [0.15, 0.2) is 0 Å². The Kier molecular flexibility index (Phi) is 4.31. The van der Waals surface area contributed by atoms with Crippen molar-refractivity contribution >= 4 is 23.2 Å². The SMILES string of the molecule is C=CCOc1cc(NC(C)=O)c(F)cc1Cl. The van der Waals surface area contributed by atoms with Crippen molar-refractivity contribution in [3.05, 3.63) is 35.6 Å². The van der Waals surface area contributed by atoms with E-state index < -0.39 is 5.82 Å². The quantitative estimate of drug-likeness (QED) is 0.826. The third-order valence-electron chi connectivity index (χ3n) is 1.69. The summed E-state index contributed by atoms with van der Waals surface area (Å²) in [7, 11) is 0. The number of hydrogen-bond donors (Lipinski definition) is 1. The van der Waals surface area contributed by atoms with Crippen LogP contribution in [0, 0.1) is 5.82 Å². The first kappa shape index (κ1) is 12.5. The Bertz CT molecular complexity index is 421. The van der Waals surface area contributed by atoms with Gasteiger partial charge in [-0.25, -0.2) is 4.39 Å². The summed E-state index contributed by atoms with van der Waals surface area (Å²) in [5.74, 6) is -0.672. The molecule has 1 rings (SSSR count). The molecule has 0 unspecified atom stereocenters. The Morgan fingerprint density at radius 1 is 1.69 bits per heavy atom. The van der Waals surface area contributed by atoms with Gasteiger partial charge < -0.3 is 10.1 Å². The number of halogens is 2. The number of ether oxygens (including phenoxy) is 1. The average molecular weight is 244 g/mol. The van der Waals surface area contributed by atoms with Crippen LogP contribution in [0.4, 0.5) is 10.1 Å². The maximum Gasteiger partial charge on any atom is 0.221 e. The van der Waals surface area contributed by atoms with Crippen LogP contribution in [0.1, 0.15) is 6.92 Å². The fraction of sp³-hybridized carbons (Fsp3) is 0.182. The van der Waals surface area contributed by atoms with Crippen LogP contribution >= 0.6 is 11.6 Å². The molecule has 5 heteroatoms. The zero-order chi connectivity index (χ0) is 12.1. The number of benzene rings is 1. The summed E-state index contributed by atoms with van der Waals surface area (Å²) >= 11 is 5.76. The van der Waals surface area contributed by atoms with E-state index in [1.165, 1.54) is 19.1 Å². The van der Waals surface area contributed by atoms with Crippen molar-refractivity contribution in [2.45, 2.75) is 6.92 Å². The van der Waals surface area contributed by atoms with Gasteiger partial charge in [0.25, 0.3) is 0 Å². The molecular weight excluding hydrogens is 233 g/mol. The van der Waals surface area contributed by atoms with Crippen molar-refractivity contribution in [3.8, 4) is 5.75 Å². The molecule has 1 aromatic rings. The van der Waals surface area contributed by atoms with E-state index in [0.29, 0.717) is 5.75 Å². The van der Waals surface area contributed by atoms with Gasteiger partial charge in [-0.1, -0.05) is 24.3 Å². The van der Waals surface area contributed by atoms with Crippen molar-refractivity contribution in [3.63, 3.8) is 0 Å². The highest BCUT2D eigenvalue weighted by molar-refractivity contribution is 6.32. The van der Waals surface area contributed by atoms with E-state index in [4.69, 9.17) is 16.3 Å². The molecule has 0 atom stereocenters. The highest BCUT2D eigenvalue weighted by Gasteiger charge is 2.10. The molecule has 86 valence electrons. The second kappa shape index (κ2) is 5.51. The molecule has 1 aromatic carbocycles. The largest absolute Gasteiger partial charge is 0.488 e. The van der Waals surface area contributed by atoms with E-state index in [1.54, 1.807) is 0 Å². The van der Waals surface area contributed by atoms with Gasteiger partial charge in [0.1, 0.15) is 18.2 Å². The lowest BCUT2D eigenvalue weighted by molar-refractivity contribution is -0.114. The van der Waals surface area contributed by atoms with Crippen molar-refractivity contribution in [2.75, 3.05) is 11.9 Å². The lowest BCUT2D eigenvalue weighted by atomic mass is 10.3. The molecule has 0 aliphatic rings. The Hall–Kier alpha value is -1.55. The van der Waals surface area contributed by atoms with Crippen LogP contribution in [-0.2, 0) is 4.79 Å². The number of anilines is 1. The summed E-state index contributed by atoms with van der Waals surface area (Å²) < 4.78 is 18.5. The zero-order valence-corrected chi connectivity index (χ0v) is 9.47. The van der Waals surface area contributed by atoms with Crippen molar-refractivity contribution in [1.82, 2.24) is 0 Å². The molecule has 0 aliphatic carbocycles. The van der Waals surface area contributed by atoms with Gasteiger partial charge >= 0.3 is 0 Å². The maximum atomic E-state index is 13.3. The van der Waals surface area contributed by atoms with Gasteiger partial charge in [0.05, 0.1) is 10.7 Å². The summed E-state index contributed by atoms with van der Waals surface area (Å²) in [4.78, 5) is 10.8. The second-order valence-electron chi connectivity index (χ2n) is 3.04. The van der Waals surface area contributed by atoms with Gasteiger partial charge in [-0.05, 0) is 6.07 Å². The number of hydrogen-bond acceptors (Lipinski definition) is 2. The van der Waals surface area contributed by atoms with Gasteiger partial charge in [-0.15, -0.1) is 0 Å². The van der Waals surface area contributed by atoms with E-state index >= 15 is 0 Å². The number of rotatable bonds is 4. The highest BCUT2D eigenvalue weighted by Crippen LogP contribution is 2.30. The molecule has 0 fully saturated rings. The smallest absolute Gasteiger partial charge is 0.221 e. The summed E-state index contributed by atoms with van der Waals surface area (Å²) in [5, 5.41) is 2.49. The van der Waals surface area contributed by atoms with Crippen LogP contribution < -0.4 is 10.1 Å². The first-order valence-corrected chi connectivity index (χ1v) is 4.92. The van der Waals surface area contributed by atoms with E-state index in [1.807, 2.05) is 0 Å². The summed E-state index contributed by atoms with van der Waals surface area (Å²) in [6.07, 6.45) is 1.54. The minimum Gasteiger partial charge on any atom is -0.488 e. The lowest BCUT2D eigenvalue weighted by Gasteiger charge is -2.09. The van der Waals surface area contributed by atoms with Crippen LogP contribution in [0.2, 0.25) is 5.02 Å². The molecule has 0 spiro atoms. The topological polar surface area (TPSA) is 38.3 Å². The molecular formula is C11H11ClFNO2. The molecule has 0 bridgehead atoms.